The van der Waals surface area contributed by atoms with Crippen molar-refractivity contribution in [2.75, 3.05) is 55.8 Å². The van der Waals surface area contributed by atoms with Gasteiger partial charge in [0.2, 0.25) is 0 Å². The maximum Gasteiger partial charge on any atom is 0.159 e. The van der Waals surface area contributed by atoms with Gasteiger partial charge in [0.1, 0.15) is 12.0 Å². The van der Waals surface area contributed by atoms with Crippen molar-refractivity contribution in [1.82, 2.24) is 14.9 Å². The average molecular weight is 314 g/mol. The van der Waals surface area contributed by atoms with Crippen LogP contribution in [0.2, 0.25) is 0 Å². The third-order valence-corrected chi connectivity index (χ3v) is 3.74. The molecule has 7 heteroatoms. The van der Waals surface area contributed by atoms with E-state index in [1.165, 1.54) is 6.33 Å². The SMILES string of the molecule is Nc1c(NCCN2CCOCC2)ncnc1Nc1ccccc1. The molecule has 1 saturated heterocycles. The summed E-state index contributed by atoms with van der Waals surface area (Å²) in [5.41, 5.74) is 7.63. The number of benzene rings is 1. The van der Waals surface area contributed by atoms with Gasteiger partial charge < -0.3 is 21.1 Å². The van der Waals surface area contributed by atoms with Crippen molar-refractivity contribution in [3.63, 3.8) is 0 Å². The topological polar surface area (TPSA) is 88.3 Å². The maximum absolute atomic E-state index is 6.17. The first kappa shape index (κ1) is 15.5. The second kappa shape index (κ2) is 7.75. The highest BCUT2D eigenvalue weighted by Gasteiger charge is 2.11. The minimum atomic E-state index is 0.526. The Morgan fingerprint density at radius 2 is 1.83 bits per heavy atom. The number of nitrogens with two attached hydrogens (primary N) is 1. The number of nitrogens with zero attached hydrogens (tertiary/aromatic N) is 3. The van der Waals surface area contributed by atoms with Gasteiger partial charge in [0.15, 0.2) is 11.6 Å². The summed E-state index contributed by atoms with van der Waals surface area (Å²) in [6.07, 6.45) is 1.51. The van der Waals surface area contributed by atoms with Gasteiger partial charge in [0, 0.05) is 31.9 Å². The normalized spacial score (nSPS) is 15.3. The van der Waals surface area contributed by atoms with E-state index in [1.54, 1.807) is 0 Å². The number of hydrogen-bond acceptors (Lipinski definition) is 7. The van der Waals surface area contributed by atoms with Crippen LogP contribution in [-0.4, -0.2) is 54.3 Å². The number of morpholine rings is 1. The number of aromatic nitrogens is 2. The number of nitrogens with one attached hydrogen (secondary N) is 2. The summed E-state index contributed by atoms with van der Waals surface area (Å²) < 4.78 is 5.34. The van der Waals surface area contributed by atoms with Crippen LogP contribution in [0.1, 0.15) is 0 Å². The van der Waals surface area contributed by atoms with Crippen molar-refractivity contribution < 1.29 is 4.74 Å². The first-order valence-corrected chi connectivity index (χ1v) is 7.79. The van der Waals surface area contributed by atoms with Crippen LogP contribution in [0.3, 0.4) is 0 Å². The summed E-state index contributed by atoms with van der Waals surface area (Å²) in [7, 11) is 0. The van der Waals surface area contributed by atoms with Crippen molar-refractivity contribution in [2.45, 2.75) is 0 Å². The van der Waals surface area contributed by atoms with E-state index in [2.05, 4.69) is 25.5 Å². The first-order valence-electron chi connectivity index (χ1n) is 7.79. The van der Waals surface area contributed by atoms with Crippen LogP contribution in [0.5, 0.6) is 0 Å². The van der Waals surface area contributed by atoms with E-state index in [4.69, 9.17) is 10.5 Å². The third kappa shape index (κ3) is 4.30. The van der Waals surface area contributed by atoms with Crippen molar-refractivity contribution in [2.24, 2.45) is 0 Å². The molecule has 4 N–H and O–H groups in total. The predicted molar refractivity (Wildman–Crippen MR) is 91.9 cm³/mol. The summed E-state index contributed by atoms with van der Waals surface area (Å²) in [6, 6.07) is 9.82. The van der Waals surface area contributed by atoms with E-state index in [9.17, 15) is 0 Å². The third-order valence-electron chi connectivity index (χ3n) is 3.74. The fraction of sp³-hybridized carbons (Fsp3) is 0.375. The van der Waals surface area contributed by atoms with Crippen molar-refractivity contribution in [3.05, 3.63) is 36.7 Å². The molecule has 1 aromatic heterocycles. The zero-order chi connectivity index (χ0) is 15.9. The lowest BCUT2D eigenvalue weighted by atomic mass is 10.3. The van der Waals surface area contributed by atoms with E-state index < -0.39 is 0 Å². The average Bonchev–Trinajstić information content (AvgIpc) is 2.60. The second-order valence-electron chi connectivity index (χ2n) is 5.36. The molecule has 0 saturated carbocycles. The lowest BCUT2D eigenvalue weighted by Crippen LogP contribution is -2.39. The van der Waals surface area contributed by atoms with Gasteiger partial charge >= 0.3 is 0 Å². The van der Waals surface area contributed by atoms with E-state index >= 15 is 0 Å². The Labute approximate surface area is 135 Å². The zero-order valence-electron chi connectivity index (χ0n) is 13.0. The summed E-state index contributed by atoms with van der Waals surface area (Å²) in [4.78, 5) is 10.8. The van der Waals surface area contributed by atoms with Gasteiger partial charge in [-0.05, 0) is 12.1 Å². The van der Waals surface area contributed by atoms with Gasteiger partial charge in [-0.3, -0.25) is 4.90 Å². The quantitative estimate of drug-likeness (QED) is 0.745. The van der Waals surface area contributed by atoms with Gasteiger partial charge in [-0.15, -0.1) is 0 Å². The Bertz CT molecular complexity index is 615. The Hall–Kier alpha value is -2.38. The minimum Gasteiger partial charge on any atom is -0.393 e. The van der Waals surface area contributed by atoms with Crippen LogP contribution in [0.15, 0.2) is 36.7 Å². The number of rotatable bonds is 6. The molecule has 1 fully saturated rings. The molecule has 7 nitrogen and oxygen atoms in total. The molecule has 0 bridgehead atoms. The highest BCUT2D eigenvalue weighted by molar-refractivity contribution is 5.77. The molecule has 0 unspecified atom stereocenters. The van der Waals surface area contributed by atoms with E-state index in [0.29, 0.717) is 17.3 Å². The lowest BCUT2D eigenvalue weighted by Gasteiger charge is -2.26. The molecule has 1 aliphatic heterocycles. The van der Waals surface area contributed by atoms with Crippen LogP contribution in [-0.2, 0) is 4.74 Å². The molecule has 1 aliphatic rings. The van der Waals surface area contributed by atoms with E-state index in [0.717, 1.165) is 45.1 Å². The standard InChI is InChI=1S/C16H22N6O/c17-14-15(18-6-7-22-8-10-23-11-9-22)19-12-20-16(14)21-13-4-2-1-3-5-13/h1-5,12H,6-11,17H2,(H2,18,19,20,21). The Morgan fingerprint density at radius 3 is 2.61 bits per heavy atom. The van der Waals surface area contributed by atoms with Gasteiger partial charge in [0.25, 0.3) is 0 Å². The predicted octanol–water partition coefficient (Wildman–Crippen LogP) is 1.55. The summed E-state index contributed by atoms with van der Waals surface area (Å²) in [5.74, 6) is 1.27. The molecule has 1 aromatic carbocycles. The lowest BCUT2D eigenvalue weighted by molar-refractivity contribution is 0.0398. The number of ether oxygens (including phenoxy) is 1. The van der Waals surface area contributed by atoms with Gasteiger partial charge in [-0.1, -0.05) is 18.2 Å². The molecule has 23 heavy (non-hydrogen) atoms. The Kier molecular flexibility index (Phi) is 5.23. The molecular weight excluding hydrogens is 292 g/mol. The van der Waals surface area contributed by atoms with Crippen LogP contribution < -0.4 is 16.4 Å². The van der Waals surface area contributed by atoms with Crippen LogP contribution in [0.4, 0.5) is 23.0 Å². The molecule has 3 rings (SSSR count). The summed E-state index contributed by atoms with van der Waals surface area (Å²) in [6.45, 7) is 5.28. The van der Waals surface area contributed by atoms with Gasteiger partial charge in [0.05, 0.1) is 13.2 Å². The molecule has 0 amide bonds. The first-order chi connectivity index (χ1) is 11.3. The molecule has 0 radical (unpaired) electrons. The molecule has 0 aliphatic carbocycles. The number of anilines is 4. The molecule has 2 heterocycles. The molecule has 122 valence electrons. The Morgan fingerprint density at radius 1 is 1.09 bits per heavy atom. The number of para-hydroxylation sites is 1. The molecule has 2 aromatic rings. The molecule has 0 atom stereocenters. The highest BCUT2D eigenvalue weighted by atomic mass is 16.5. The highest BCUT2D eigenvalue weighted by Crippen LogP contribution is 2.25. The number of hydrogen-bond donors (Lipinski definition) is 3. The van der Waals surface area contributed by atoms with Crippen molar-refractivity contribution in [1.29, 1.82) is 0 Å². The second-order valence-corrected chi connectivity index (χ2v) is 5.36. The zero-order valence-corrected chi connectivity index (χ0v) is 13.0. The molecule has 0 spiro atoms. The van der Waals surface area contributed by atoms with Gasteiger partial charge in [-0.2, -0.15) is 0 Å². The van der Waals surface area contributed by atoms with Crippen LogP contribution in [0.25, 0.3) is 0 Å². The van der Waals surface area contributed by atoms with E-state index in [1.807, 2.05) is 30.3 Å². The van der Waals surface area contributed by atoms with Crippen LogP contribution >= 0.6 is 0 Å². The number of nitrogen functional groups attached to an aromatic ring is 1. The summed E-state index contributed by atoms with van der Waals surface area (Å²) in [5, 5.41) is 6.50. The smallest absolute Gasteiger partial charge is 0.159 e. The van der Waals surface area contributed by atoms with Crippen molar-refractivity contribution >= 4 is 23.0 Å². The fourth-order valence-electron chi connectivity index (χ4n) is 2.45. The summed E-state index contributed by atoms with van der Waals surface area (Å²) >= 11 is 0. The van der Waals surface area contributed by atoms with Crippen LogP contribution in [0, 0.1) is 0 Å². The van der Waals surface area contributed by atoms with Gasteiger partial charge in [-0.25, -0.2) is 9.97 Å². The van der Waals surface area contributed by atoms with Crippen molar-refractivity contribution in [3.8, 4) is 0 Å². The monoisotopic (exact) mass is 314 g/mol. The Balaban J connectivity index is 1.58. The fourth-order valence-corrected chi connectivity index (χ4v) is 2.45. The maximum atomic E-state index is 6.17. The molecular formula is C16H22N6O. The van der Waals surface area contributed by atoms with E-state index in [-0.39, 0.29) is 0 Å². The minimum absolute atomic E-state index is 0.526. The largest absolute Gasteiger partial charge is 0.393 e.